The van der Waals surface area contributed by atoms with E-state index in [2.05, 4.69) is 10.6 Å². The zero-order chi connectivity index (χ0) is 5.98. The summed E-state index contributed by atoms with van der Waals surface area (Å²) in [6, 6.07) is 0. The summed E-state index contributed by atoms with van der Waals surface area (Å²) in [5.74, 6) is 0. The number of rotatable bonds is 1. The molecule has 0 aliphatic carbocycles. The average Bonchev–Trinajstić information content (AvgIpc) is 2.12. The van der Waals surface area contributed by atoms with Crippen molar-refractivity contribution in [3.63, 3.8) is 0 Å². The normalized spacial score (nSPS) is 26.2. The van der Waals surface area contributed by atoms with E-state index in [4.69, 9.17) is 5.11 Å². The quantitative estimate of drug-likeness (QED) is 0.407. The van der Waals surface area contributed by atoms with Crippen LogP contribution in [0.2, 0.25) is 0 Å². The summed E-state index contributed by atoms with van der Waals surface area (Å²) in [4.78, 5) is 0. The van der Waals surface area contributed by atoms with Crippen molar-refractivity contribution in [1.82, 2.24) is 10.6 Å². The molecule has 0 bridgehead atoms. The van der Waals surface area contributed by atoms with Crippen LogP contribution in [-0.2, 0) is 0 Å². The molecule has 3 heteroatoms. The molecule has 0 amide bonds. The number of hydrogen-bond donors (Lipinski definition) is 3. The lowest BCUT2D eigenvalue weighted by atomic mass is 10.3. The topological polar surface area (TPSA) is 44.3 Å². The van der Waals surface area contributed by atoms with E-state index in [0.29, 0.717) is 0 Å². The van der Waals surface area contributed by atoms with E-state index < -0.39 is 0 Å². The molecule has 0 aromatic heterocycles. The molecule has 1 atom stereocenters. The standard InChI is InChI=1S/C5H12N2O/c1-4(8)5-6-2-3-7-5/h4-8H,2-3H2,1H3. The predicted molar refractivity (Wildman–Crippen MR) is 31.5 cm³/mol. The van der Waals surface area contributed by atoms with Gasteiger partial charge in [-0.25, -0.2) is 0 Å². The van der Waals surface area contributed by atoms with Crippen LogP contribution in [0.1, 0.15) is 6.92 Å². The first-order chi connectivity index (χ1) is 3.80. The van der Waals surface area contributed by atoms with Crippen LogP contribution in [0, 0.1) is 0 Å². The third-order valence-electron chi connectivity index (χ3n) is 1.34. The monoisotopic (exact) mass is 116 g/mol. The van der Waals surface area contributed by atoms with Crippen LogP contribution in [0.3, 0.4) is 0 Å². The molecule has 0 aromatic carbocycles. The number of hydrogen-bond acceptors (Lipinski definition) is 3. The molecule has 0 radical (unpaired) electrons. The highest BCUT2D eigenvalue weighted by Gasteiger charge is 2.16. The van der Waals surface area contributed by atoms with Crippen molar-refractivity contribution in [2.75, 3.05) is 13.1 Å². The Morgan fingerprint density at radius 1 is 1.50 bits per heavy atom. The van der Waals surface area contributed by atoms with Gasteiger partial charge in [-0.1, -0.05) is 0 Å². The summed E-state index contributed by atoms with van der Waals surface area (Å²) >= 11 is 0. The Labute approximate surface area is 49.1 Å². The summed E-state index contributed by atoms with van der Waals surface area (Å²) in [7, 11) is 0. The van der Waals surface area contributed by atoms with E-state index in [1.165, 1.54) is 0 Å². The molecular formula is C5H12N2O. The third-order valence-corrected chi connectivity index (χ3v) is 1.34. The minimum absolute atomic E-state index is 0.120. The number of aliphatic hydroxyl groups is 1. The Hall–Kier alpha value is -0.120. The maximum atomic E-state index is 8.93. The summed E-state index contributed by atoms with van der Waals surface area (Å²) in [6.45, 7) is 3.71. The fourth-order valence-electron chi connectivity index (χ4n) is 0.869. The predicted octanol–water partition coefficient (Wildman–Crippen LogP) is -1.11. The van der Waals surface area contributed by atoms with Crippen molar-refractivity contribution in [2.24, 2.45) is 0 Å². The maximum Gasteiger partial charge on any atom is 0.0837 e. The first-order valence-corrected chi connectivity index (χ1v) is 2.95. The Kier molecular flexibility index (Phi) is 1.83. The van der Waals surface area contributed by atoms with Crippen molar-refractivity contribution in [1.29, 1.82) is 0 Å². The van der Waals surface area contributed by atoms with Crippen LogP contribution in [-0.4, -0.2) is 30.5 Å². The van der Waals surface area contributed by atoms with Gasteiger partial charge in [-0.2, -0.15) is 0 Å². The second-order valence-corrected chi connectivity index (χ2v) is 2.13. The third kappa shape index (κ3) is 1.18. The first kappa shape index (κ1) is 6.01. The van der Waals surface area contributed by atoms with Gasteiger partial charge >= 0.3 is 0 Å². The van der Waals surface area contributed by atoms with Crippen molar-refractivity contribution in [2.45, 2.75) is 19.2 Å². The lowest BCUT2D eigenvalue weighted by Gasteiger charge is -2.12. The highest BCUT2D eigenvalue weighted by Crippen LogP contribution is 1.90. The van der Waals surface area contributed by atoms with E-state index in [1.54, 1.807) is 6.92 Å². The van der Waals surface area contributed by atoms with Crippen LogP contribution in [0.15, 0.2) is 0 Å². The molecule has 1 rings (SSSR count). The van der Waals surface area contributed by atoms with E-state index >= 15 is 0 Å². The van der Waals surface area contributed by atoms with E-state index in [0.717, 1.165) is 13.1 Å². The second kappa shape index (κ2) is 2.44. The Balaban J connectivity index is 2.24. The van der Waals surface area contributed by atoms with Crippen LogP contribution >= 0.6 is 0 Å². The van der Waals surface area contributed by atoms with Crippen molar-refractivity contribution < 1.29 is 5.11 Å². The van der Waals surface area contributed by atoms with Gasteiger partial charge < -0.3 is 5.11 Å². The Morgan fingerprint density at radius 3 is 2.25 bits per heavy atom. The smallest absolute Gasteiger partial charge is 0.0837 e. The van der Waals surface area contributed by atoms with Gasteiger partial charge in [0, 0.05) is 13.1 Å². The van der Waals surface area contributed by atoms with Gasteiger partial charge in [0.1, 0.15) is 0 Å². The van der Waals surface area contributed by atoms with Crippen molar-refractivity contribution in [3.05, 3.63) is 0 Å². The molecule has 1 fully saturated rings. The van der Waals surface area contributed by atoms with Crippen LogP contribution in [0.5, 0.6) is 0 Å². The highest BCUT2D eigenvalue weighted by molar-refractivity contribution is 4.76. The summed E-state index contributed by atoms with van der Waals surface area (Å²) < 4.78 is 0. The van der Waals surface area contributed by atoms with E-state index in [-0.39, 0.29) is 12.3 Å². The molecule has 0 spiro atoms. The molecule has 8 heavy (non-hydrogen) atoms. The Morgan fingerprint density at radius 2 is 2.00 bits per heavy atom. The van der Waals surface area contributed by atoms with Crippen molar-refractivity contribution in [3.8, 4) is 0 Å². The van der Waals surface area contributed by atoms with Gasteiger partial charge in [-0.05, 0) is 6.92 Å². The number of nitrogens with one attached hydrogen (secondary N) is 2. The van der Waals surface area contributed by atoms with Gasteiger partial charge in [0.2, 0.25) is 0 Å². The Bertz CT molecular complexity index is 68.8. The molecular weight excluding hydrogens is 104 g/mol. The molecule has 1 aliphatic heterocycles. The van der Waals surface area contributed by atoms with Gasteiger partial charge in [-0.15, -0.1) is 0 Å². The summed E-state index contributed by atoms with van der Waals surface area (Å²) in [6.07, 6.45) is -0.160. The fraction of sp³-hybridized carbons (Fsp3) is 1.00. The lowest BCUT2D eigenvalue weighted by Crippen LogP contribution is -2.40. The summed E-state index contributed by atoms with van der Waals surface area (Å²) in [5, 5.41) is 15.1. The second-order valence-electron chi connectivity index (χ2n) is 2.13. The SMILES string of the molecule is CC(O)C1NCCN1. The van der Waals surface area contributed by atoms with Crippen LogP contribution in [0.4, 0.5) is 0 Å². The molecule has 0 saturated carbocycles. The largest absolute Gasteiger partial charge is 0.390 e. The first-order valence-electron chi connectivity index (χ1n) is 2.95. The zero-order valence-corrected chi connectivity index (χ0v) is 5.02. The van der Waals surface area contributed by atoms with Crippen LogP contribution in [0.25, 0.3) is 0 Å². The molecule has 48 valence electrons. The van der Waals surface area contributed by atoms with Gasteiger partial charge in [0.15, 0.2) is 0 Å². The highest BCUT2D eigenvalue weighted by atomic mass is 16.3. The molecule has 1 heterocycles. The fourth-order valence-corrected chi connectivity index (χ4v) is 0.869. The molecule has 3 nitrogen and oxygen atoms in total. The van der Waals surface area contributed by atoms with Crippen molar-refractivity contribution >= 4 is 0 Å². The molecule has 3 N–H and O–H groups in total. The minimum atomic E-state index is -0.280. The van der Waals surface area contributed by atoms with E-state index in [9.17, 15) is 0 Å². The lowest BCUT2D eigenvalue weighted by molar-refractivity contribution is 0.145. The maximum absolute atomic E-state index is 8.93. The molecule has 1 saturated heterocycles. The van der Waals surface area contributed by atoms with E-state index in [1.807, 2.05) is 0 Å². The van der Waals surface area contributed by atoms with Gasteiger partial charge in [0.05, 0.1) is 12.3 Å². The van der Waals surface area contributed by atoms with Gasteiger partial charge in [0.25, 0.3) is 0 Å². The molecule has 1 unspecified atom stereocenters. The number of aliphatic hydroxyl groups excluding tert-OH is 1. The zero-order valence-electron chi connectivity index (χ0n) is 5.02. The average molecular weight is 116 g/mol. The van der Waals surface area contributed by atoms with Crippen LogP contribution < -0.4 is 10.6 Å². The van der Waals surface area contributed by atoms with Gasteiger partial charge in [-0.3, -0.25) is 10.6 Å². The summed E-state index contributed by atoms with van der Waals surface area (Å²) in [5.41, 5.74) is 0. The molecule has 1 aliphatic rings. The molecule has 0 aromatic rings. The minimum Gasteiger partial charge on any atom is -0.390 e.